The van der Waals surface area contributed by atoms with E-state index in [4.69, 9.17) is 19.6 Å². The zero-order valence-corrected chi connectivity index (χ0v) is 19.1. The Morgan fingerprint density at radius 3 is 2.57 bits per heavy atom. The summed E-state index contributed by atoms with van der Waals surface area (Å²) in [5.41, 5.74) is 1.65. The van der Waals surface area contributed by atoms with Crippen molar-refractivity contribution in [3.8, 4) is 5.75 Å². The Bertz CT molecular complexity index is 1120. The van der Waals surface area contributed by atoms with Crippen LogP contribution in [0.15, 0.2) is 59.6 Å². The molecular formula is C25H26F3N3O4. The van der Waals surface area contributed by atoms with Gasteiger partial charge in [-0.1, -0.05) is 42.5 Å². The van der Waals surface area contributed by atoms with Crippen LogP contribution in [-0.2, 0) is 16.1 Å². The van der Waals surface area contributed by atoms with Crippen molar-refractivity contribution in [1.29, 1.82) is 0 Å². The lowest BCUT2D eigenvalue weighted by atomic mass is 9.85. The van der Waals surface area contributed by atoms with Gasteiger partial charge in [0.25, 0.3) is 5.91 Å². The Kier molecular flexibility index (Phi) is 6.84. The van der Waals surface area contributed by atoms with E-state index in [2.05, 4.69) is 22.3 Å². The molecule has 1 spiro atoms. The Hall–Kier alpha value is -3.40. The summed E-state index contributed by atoms with van der Waals surface area (Å²) in [6, 6.07) is 18.2. The summed E-state index contributed by atoms with van der Waals surface area (Å²) >= 11 is 0. The molecule has 186 valence electrons. The lowest BCUT2D eigenvalue weighted by Gasteiger charge is -2.25. The predicted octanol–water partition coefficient (Wildman–Crippen LogP) is 3.49. The van der Waals surface area contributed by atoms with Crippen LogP contribution in [0.1, 0.15) is 24.0 Å². The largest absolute Gasteiger partial charge is 0.497 e. The number of methoxy groups -OCH3 is 1. The highest BCUT2D eigenvalue weighted by atomic mass is 19.4. The van der Waals surface area contributed by atoms with Crippen LogP contribution < -0.4 is 10.1 Å². The molecule has 2 aromatic carbocycles. The molecule has 1 saturated carbocycles. The molecule has 2 fully saturated rings. The maximum Gasteiger partial charge on any atom is 0.490 e. The number of hydrogen-bond acceptors (Lipinski definition) is 5. The summed E-state index contributed by atoms with van der Waals surface area (Å²) in [7, 11) is 1.70. The molecule has 3 aliphatic rings. The molecular weight excluding hydrogens is 463 g/mol. The maximum absolute atomic E-state index is 13.0. The number of halogens is 3. The van der Waals surface area contributed by atoms with Gasteiger partial charge in [0.1, 0.15) is 17.1 Å². The minimum absolute atomic E-state index is 0.0853. The molecule has 10 heteroatoms. The summed E-state index contributed by atoms with van der Waals surface area (Å²) in [5, 5.41) is 10.2. The summed E-state index contributed by atoms with van der Waals surface area (Å²) in [5.74, 6) is -0.220. The fraction of sp³-hybridized carbons (Fsp3) is 0.400. The van der Waals surface area contributed by atoms with E-state index in [1.54, 1.807) is 7.11 Å². The molecule has 3 atom stereocenters. The molecule has 2 N–H and O–H groups in total. The van der Waals surface area contributed by atoms with Crippen molar-refractivity contribution in [2.45, 2.75) is 31.1 Å². The molecule has 0 aromatic heterocycles. The van der Waals surface area contributed by atoms with Crippen molar-refractivity contribution in [2.75, 3.05) is 20.2 Å². The lowest BCUT2D eigenvalue weighted by Crippen LogP contribution is -2.44. The molecule has 0 unspecified atom stereocenters. The van der Waals surface area contributed by atoms with Gasteiger partial charge in [0.05, 0.1) is 7.11 Å². The third-order valence-corrected chi connectivity index (χ3v) is 6.79. The van der Waals surface area contributed by atoms with Gasteiger partial charge < -0.3 is 15.2 Å². The van der Waals surface area contributed by atoms with Gasteiger partial charge in [0.2, 0.25) is 0 Å². The number of fused-ring (bicyclic) bond motifs is 2. The number of hydrogen-bond donors (Lipinski definition) is 2. The third kappa shape index (κ3) is 5.17. The van der Waals surface area contributed by atoms with Gasteiger partial charge in [-0.25, -0.2) is 4.79 Å². The van der Waals surface area contributed by atoms with Gasteiger partial charge in [-0.2, -0.15) is 13.2 Å². The molecule has 1 amide bonds. The number of likely N-dealkylation sites (tertiary alicyclic amines) is 1. The Morgan fingerprint density at radius 1 is 1.20 bits per heavy atom. The molecule has 1 aliphatic carbocycles. The number of alkyl halides is 3. The number of amides is 1. The number of benzene rings is 2. The van der Waals surface area contributed by atoms with E-state index in [1.807, 2.05) is 42.5 Å². The lowest BCUT2D eigenvalue weighted by molar-refractivity contribution is -0.192. The van der Waals surface area contributed by atoms with Gasteiger partial charge in [0, 0.05) is 31.1 Å². The SMILES string of the molecule is COc1cccc(CN2C[C@H]3CC[C@@]4(N=C(c5ccccc5)NC4=O)[C@H]3C2)c1.O=C(O)C(F)(F)F. The first-order chi connectivity index (χ1) is 16.6. The summed E-state index contributed by atoms with van der Waals surface area (Å²) in [6.07, 6.45) is -3.16. The highest BCUT2D eigenvalue weighted by Crippen LogP contribution is 2.49. The molecule has 2 heterocycles. The van der Waals surface area contributed by atoms with E-state index in [-0.39, 0.29) is 5.91 Å². The fourth-order valence-electron chi connectivity index (χ4n) is 5.19. The van der Waals surface area contributed by atoms with E-state index < -0.39 is 17.7 Å². The minimum Gasteiger partial charge on any atom is -0.497 e. The van der Waals surface area contributed by atoms with Crippen LogP contribution in [0.5, 0.6) is 5.75 Å². The number of nitrogens with zero attached hydrogens (tertiary/aromatic N) is 2. The second kappa shape index (κ2) is 9.69. The standard InChI is InChI=1S/C23H25N3O2.C2HF3O2/c1-28-19-9-5-6-16(12-19)13-26-14-18-10-11-23(20(18)15-26)22(27)24-21(25-23)17-7-3-2-4-8-17;3-2(4,5)1(6)7/h2-9,12,18,20H,10-11,13-15H2,1H3,(H,24,25,27);(H,6,7)/t18-,20+,23-;/m1./s1. The topological polar surface area (TPSA) is 91.2 Å². The van der Waals surface area contributed by atoms with Crippen LogP contribution in [0, 0.1) is 11.8 Å². The average Bonchev–Trinajstić information content (AvgIpc) is 3.49. The minimum atomic E-state index is -5.08. The Labute approximate surface area is 200 Å². The van der Waals surface area contributed by atoms with Gasteiger partial charge >= 0.3 is 12.1 Å². The zero-order valence-electron chi connectivity index (χ0n) is 19.1. The summed E-state index contributed by atoms with van der Waals surface area (Å²) in [4.78, 5) is 29.4. The number of rotatable bonds is 4. The first-order valence-corrected chi connectivity index (χ1v) is 11.2. The molecule has 35 heavy (non-hydrogen) atoms. The van der Waals surface area contributed by atoms with Gasteiger partial charge in [0.15, 0.2) is 0 Å². The molecule has 0 radical (unpaired) electrons. The number of carboxylic acid groups (broad SMARTS) is 1. The van der Waals surface area contributed by atoms with E-state index in [0.29, 0.717) is 11.8 Å². The van der Waals surface area contributed by atoms with Crippen molar-refractivity contribution in [3.05, 3.63) is 65.7 Å². The molecule has 1 saturated heterocycles. The molecule has 2 aromatic rings. The van der Waals surface area contributed by atoms with Gasteiger partial charge in [-0.05, 0) is 36.5 Å². The fourth-order valence-corrected chi connectivity index (χ4v) is 5.19. The summed E-state index contributed by atoms with van der Waals surface area (Å²) in [6.45, 7) is 2.84. The number of amidine groups is 1. The number of carbonyl (C=O) groups excluding carboxylic acids is 1. The van der Waals surface area contributed by atoms with Crippen molar-refractivity contribution >= 4 is 17.7 Å². The van der Waals surface area contributed by atoms with Crippen LogP contribution in [0.3, 0.4) is 0 Å². The number of nitrogens with one attached hydrogen (secondary N) is 1. The predicted molar refractivity (Wildman–Crippen MR) is 122 cm³/mol. The normalized spacial score (nSPS) is 25.5. The van der Waals surface area contributed by atoms with E-state index in [9.17, 15) is 18.0 Å². The van der Waals surface area contributed by atoms with Crippen LogP contribution in [0.4, 0.5) is 13.2 Å². The van der Waals surface area contributed by atoms with Crippen LogP contribution >= 0.6 is 0 Å². The number of aliphatic carboxylic acids is 1. The molecule has 7 nitrogen and oxygen atoms in total. The second-order valence-electron chi connectivity index (χ2n) is 8.96. The third-order valence-electron chi connectivity index (χ3n) is 6.79. The van der Waals surface area contributed by atoms with Crippen LogP contribution in [0.2, 0.25) is 0 Å². The number of carboxylic acids is 1. The van der Waals surface area contributed by atoms with E-state index in [0.717, 1.165) is 49.6 Å². The second-order valence-corrected chi connectivity index (χ2v) is 8.96. The quantitative estimate of drug-likeness (QED) is 0.686. The van der Waals surface area contributed by atoms with Crippen molar-refractivity contribution in [2.24, 2.45) is 16.8 Å². The van der Waals surface area contributed by atoms with Crippen molar-refractivity contribution in [3.63, 3.8) is 0 Å². The van der Waals surface area contributed by atoms with E-state index >= 15 is 0 Å². The first-order valence-electron chi connectivity index (χ1n) is 11.2. The number of aliphatic imine (C=N–C) groups is 1. The zero-order chi connectivity index (χ0) is 25.2. The Balaban J connectivity index is 0.000000364. The first kappa shape index (κ1) is 24.7. The number of ether oxygens (including phenoxy) is 1. The van der Waals surface area contributed by atoms with Crippen LogP contribution in [-0.4, -0.2) is 59.6 Å². The maximum atomic E-state index is 13.0. The highest BCUT2D eigenvalue weighted by molar-refractivity contribution is 6.15. The number of carbonyl (C=O) groups is 2. The Morgan fingerprint density at radius 2 is 1.91 bits per heavy atom. The molecule has 5 rings (SSSR count). The van der Waals surface area contributed by atoms with Gasteiger partial charge in [-0.15, -0.1) is 0 Å². The van der Waals surface area contributed by atoms with Crippen molar-refractivity contribution in [1.82, 2.24) is 10.2 Å². The summed E-state index contributed by atoms with van der Waals surface area (Å²) < 4.78 is 37.1. The van der Waals surface area contributed by atoms with Crippen molar-refractivity contribution < 1.29 is 32.6 Å². The van der Waals surface area contributed by atoms with Gasteiger partial charge in [-0.3, -0.25) is 14.7 Å². The monoisotopic (exact) mass is 489 g/mol. The highest BCUT2D eigenvalue weighted by Gasteiger charge is 2.59. The van der Waals surface area contributed by atoms with Crippen LogP contribution in [0.25, 0.3) is 0 Å². The smallest absolute Gasteiger partial charge is 0.490 e. The molecule has 0 bridgehead atoms. The molecule has 2 aliphatic heterocycles. The average molecular weight is 489 g/mol. The van der Waals surface area contributed by atoms with E-state index in [1.165, 1.54) is 5.56 Å².